The van der Waals surface area contributed by atoms with Crippen molar-refractivity contribution in [2.75, 3.05) is 32.8 Å². The molecule has 3 heteroatoms. The molecule has 2 N–H and O–H groups in total. The van der Waals surface area contributed by atoms with Gasteiger partial charge in [0.15, 0.2) is 0 Å². The predicted molar refractivity (Wildman–Crippen MR) is 77.8 cm³/mol. The monoisotopic (exact) mass is 256 g/mol. The van der Waals surface area contributed by atoms with Crippen LogP contribution in [0.2, 0.25) is 0 Å². The number of aliphatic hydroxyl groups excluding tert-OH is 1. The van der Waals surface area contributed by atoms with Gasteiger partial charge in [-0.2, -0.15) is 0 Å². The van der Waals surface area contributed by atoms with Gasteiger partial charge in [-0.05, 0) is 50.2 Å². The minimum Gasteiger partial charge on any atom is -0.396 e. The third-order valence-electron chi connectivity index (χ3n) is 4.14. The van der Waals surface area contributed by atoms with Crippen molar-refractivity contribution in [3.63, 3.8) is 0 Å². The largest absolute Gasteiger partial charge is 0.396 e. The lowest BCUT2D eigenvalue weighted by molar-refractivity contribution is 0.215. The molecule has 108 valence electrons. The predicted octanol–water partition coefficient (Wildman–Crippen LogP) is 2.10. The minimum absolute atomic E-state index is 0.334. The van der Waals surface area contributed by atoms with Gasteiger partial charge in [-0.15, -0.1) is 0 Å². The van der Waals surface area contributed by atoms with Gasteiger partial charge in [0.1, 0.15) is 0 Å². The lowest BCUT2D eigenvalue weighted by Gasteiger charge is -2.32. The van der Waals surface area contributed by atoms with Crippen molar-refractivity contribution in [2.45, 2.75) is 53.0 Å². The van der Waals surface area contributed by atoms with Crippen LogP contribution in [-0.2, 0) is 0 Å². The van der Waals surface area contributed by atoms with Gasteiger partial charge < -0.3 is 15.3 Å². The van der Waals surface area contributed by atoms with Crippen LogP contribution in [0, 0.1) is 11.3 Å². The molecule has 0 aromatic carbocycles. The quantitative estimate of drug-likeness (QED) is 0.732. The van der Waals surface area contributed by atoms with Crippen LogP contribution in [0.4, 0.5) is 0 Å². The van der Waals surface area contributed by atoms with Gasteiger partial charge in [0.05, 0.1) is 0 Å². The highest BCUT2D eigenvalue weighted by molar-refractivity contribution is 4.83. The summed E-state index contributed by atoms with van der Waals surface area (Å²) in [5.74, 6) is 0.724. The highest BCUT2D eigenvalue weighted by atomic mass is 16.3. The van der Waals surface area contributed by atoms with E-state index in [1.807, 2.05) is 0 Å². The number of nitrogens with zero attached hydrogens (tertiary/aromatic N) is 1. The highest BCUT2D eigenvalue weighted by Crippen LogP contribution is 2.24. The van der Waals surface area contributed by atoms with Crippen molar-refractivity contribution in [1.29, 1.82) is 0 Å². The topological polar surface area (TPSA) is 35.5 Å². The van der Waals surface area contributed by atoms with Gasteiger partial charge in [0.25, 0.3) is 0 Å². The molecule has 18 heavy (non-hydrogen) atoms. The fraction of sp³-hybridized carbons (Fsp3) is 1.00. The molecule has 0 bridgehead atoms. The molecule has 2 atom stereocenters. The van der Waals surface area contributed by atoms with Crippen LogP contribution in [0.5, 0.6) is 0 Å². The summed E-state index contributed by atoms with van der Waals surface area (Å²) in [6.45, 7) is 14.1. The molecule has 1 heterocycles. The van der Waals surface area contributed by atoms with Crippen LogP contribution in [0.1, 0.15) is 47.0 Å². The second-order valence-electron chi connectivity index (χ2n) is 6.73. The van der Waals surface area contributed by atoms with Crippen molar-refractivity contribution in [2.24, 2.45) is 11.3 Å². The van der Waals surface area contributed by atoms with Gasteiger partial charge in [-0.1, -0.05) is 27.7 Å². The zero-order valence-corrected chi connectivity index (χ0v) is 12.7. The van der Waals surface area contributed by atoms with Crippen molar-refractivity contribution >= 4 is 0 Å². The summed E-state index contributed by atoms with van der Waals surface area (Å²) in [5.41, 5.74) is 0.334. The molecule has 1 fully saturated rings. The zero-order valence-electron chi connectivity index (χ0n) is 12.7. The summed E-state index contributed by atoms with van der Waals surface area (Å²) >= 11 is 0. The highest BCUT2D eigenvalue weighted by Gasteiger charge is 2.26. The Bertz CT molecular complexity index is 225. The maximum Gasteiger partial charge on any atom is 0.0434 e. The lowest BCUT2D eigenvalue weighted by atomic mass is 9.84. The molecule has 1 saturated heterocycles. The zero-order chi connectivity index (χ0) is 13.6. The number of aliphatic hydroxyl groups is 1. The molecule has 0 aromatic heterocycles. The number of hydrogen-bond donors (Lipinski definition) is 2. The van der Waals surface area contributed by atoms with Gasteiger partial charge in [0.2, 0.25) is 0 Å². The summed E-state index contributed by atoms with van der Waals surface area (Å²) in [6, 6.07) is 0.597. The number of rotatable bonds is 7. The van der Waals surface area contributed by atoms with Crippen molar-refractivity contribution in [3.8, 4) is 0 Å². The summed E-state index contributed by atoms with van der Waals surface area (Å²) in [5, 5.41) is 12.6. The second kappa shape index (κ2) is 7.46. The molecule has 1 aliphatic rings. The Morgan fingerprint density at radius 1 is 1.39 bits per heavy atom. The fourth-order valence-corrected chi connectivity index (χ4v) is 2.93. The third-order valence-corrected chi connectivity index (χ3v) is 4.14. The van der Waals surface area contributed by atoms with Crippen LogP contribution in [0.15, 0.2) is 0 Å². The van der Waals surface area contributed by atoms with Crippen molar-refractivity contribution in [3.05, 3.63) is 0 Å². The smallest absolute Gasteiger partial charge is 0.0434 e. The molecule has 1 rings (SSSR count). The minimum atomic E-state index is 0.334. The maximum absolute atomic E-state index is 8.98. The molecule has 0 aromatic rings. The first-order valence-electron chi connectivity index (χ1n) is 7.54. The van der Waals surface area contributed by atoms with E-state index in [9.17, 15) is 0 Å². The van der Waals surface area contributed by atoms with Crippen LogP contribution in [-0.4, -0.2) is 48.8 Å². The number of hydrogen-bond acceptors (Lipinski definition) is 3. The Morgan fingerprint density at radius 3 is 2.67 bits per heavy atom. The van der Waals surface area contributed by atoms with E-state index < -0.39 is 0 Å². The first-order valence-corrected chi connectivity index (χ1v) is 7.54. The van der Waals surface area contributed by atoms with Crippen LogP contribution >= 0.6 is 0 Å². The Labute approximate surface area is 113 Å². The molecule has 0 saturated carbocycles. The molecular formula is C15H32N2O. The lowest BCUT2D eigenvalue weighted by Crippen LogP contribution is -2.42. The summed E-state index contributed by atoms with van der Waals surface area (Å²) in [7, 11) is 0. The molecular weight excluding hydrogens is 224 g/mol. The van der Waals surface area contributed by atoms with E-state index in [0.717, 1.165) is 18.9 Å². The summed E-state index contributed by atoms with van der Waals surface area (Å²) in [4.78, 5) is 2.57. The van der Waals surface area contributed by atoms with E-state index >= 15 is 0 Å². The Morgan fingerprint density at radius 2 is 2.11 bits per heavy atom. The standard InChI is InChI=1S/C15H32N2O/c1-5-16-14(15(2,3)4)7-10-17-9-6-13(12-17)8-11-18/h13-14,16,18H,5-12H2,1-4H3. The maximum atomic E-state index is 8.98. The van der Waals surface area contributed by atoms with Gasteiger partial charge in [0, 0.05) is 19.2 Å². The van der Waals surface area contributed by atoms with Gasteiger partial charge in [-0.3, -0.25) is 0 Å². The Kier molecular flexibility index (Phi) is 6.61. The van der Waals surface area contributed by atoms with E-state index in [1.165, 1.54) is 32.5 Å². The van der Waals surface area contributed by atoms with E-state index in [2.05, 4.69) is 37.9 Å². The summed E-state index contributed by atoms with van der Waals surface area (Å²) < 4.78 is 0. The molecule has 3 nitrogen and oxygen atoms in total. The SMILES string of the molecule is CCNC(CCN1CCC(CCO)C1)C(C)(C)C. The van der Waals surface area contributed by atoms with Crippen molar-refractivity contribution in [1.82, 2.24) is 10.2 Å². The van der Waals surface area contributed by atoms with Crippen molar-refractivity contribution < 1.29 is 5.11 Å². The molecule has 0 amide bonds. The van der Waals surface area contributed by atoms with Gasteiger partial charge >= 0.3 is 0 Å². The fourth-order valence-electron chi connectivity index (χ4n) is 2.93. The Hall–Kier alpha value is -0.120. The van der Waals surface area contributed by atoms with Crippen LogP contribution in [0.25, 0.3) is 0 Å². The Balaban J connectivity index is 2.30. The van der Waals surface area contributed by atoms with E-state index in [1.54, 1.807) is 0 Å². The molecule has 0 radical (unpaired) electrons. The van der Waals surface area contributed by atoms with Gasteiger partial charge in [-0.25, -0.2) is 0 Å². The van der Waals surface area contributed by atoms with Crippen LogP contribution in [0.3, 0.4) is 0 Å². The number of nitrogens with one attached hydrogen (secondary N) is 1. The number of likely N-dealkylation sites (tertiary alicyclic amines) is 1. The average molecular weight is 256 g/mol. The van der Waals surface area contributed by atoms with E-state index in [-0.39, 0.29) is 0 Å². The molecule has 0 aliphatic carbocycles. The van der Waals surface area contributed by atoms with E-state index in [0.29, 0.717) is 18.1 Å². The summed E-state index contributed by atoms with van der Waals surface area (Å²) in [6.07, 6.45) is 3.47. The third kappa shape index (κ3) is 5.25. The molecule has 2 unspecified atom stereocenters. The van der Waals surface area contributed by atoms with E-state index in [4.69, 9.17) is 5.11 Å². The average Bonchev–Trinajstić information content (AvgIpc) is 2.71. The first kappa shape index (κ1) is 15.9. The normalized spacial score (nSPS) is 23.5. The second-order valence-corrected chi connectivity index (χ2v) is 6.73. The molecule has 1 aliphatic heterocycles. The van der Waals surface area contributed by atoms with Crippen LogP contribution < -0.4 is 5.32 Å². The first-order chi connectivity index (χ1) is 8.47. The molecule has 0 spiro atoms.